The molecular weight excluding hydrogens is 528 g/mol. The largest absolute Gasteiger partial charge is 0.439 e. The van der Waals surface area contributed by atoms with Crippen LogP contribution in [0.25, 0.3) is 10.2 Å². The maximum Gasteiger partial charge on any atom is 0.331 e. The molecule has 0 saturated heterocycles. The van der Waals surface area contributed by atoms with E-state index in [1.54, 1.807) is 29.3 Å². The second-order valence-corrected chi connectivity index (χ2v) is 10.9. The molecule has 11 heteroatoms. The van der Waals surface area contributed by atoms with E-state index >= 15 is 0 Å². The fraction of sp³-hybridized carbons (Fsp3) is 0.276. The highest BCUT2D eigenvalue weighted by Crippen LogP contribution is 2.46. The van der Waals surface area contributed by atoms with Crippen LogP contribution in [0.15, 0.2) is 54.7 Å². The minimum absolute atomic E-state index is 0.117. The summed E-state index contributed by atoms with van der Waals surface area (Å²) in [5.74, 6) is 0.674. The second kappa shape index (κ2) is 10.6. The van der Waals surface area contributed by atoms with Gasteiger partial charge in [-0.15, -0.1) is 11.3 Å². The number of aryl methyl sites for hydroxylation is 1. The molecule has 1 fully saturated rings. The third-order valence-corrected chi connectivity index (χ3v) is 8.26. The van der Waals surface area contributed by atoms with Crippen molar-refractivity contribution in [1.29, 1.82) is 0 Å². The van der Waals surface area contributed by atoms with Crippen molar-refractivity contribution < 1.29 is 19.1 Å². The molecule has 1 aliphatic heterocycles. The van der Waals surface area contributed by atoms with E-state index in [9.17, 15) is 14.4 Å². The molecule has 4 aromatic rings. The Morgan fingerprint density at radius 3 is 2.50 bits per heavy atom. The highest BCUT2D eigenvalue weighted by atomic mass is 32.1. The minimum Gasteiger partial charge on any atom is -0.439 e. The maximum atomic E-state index is 13.5. The number of hydrogen-bond acceptors (Lipinski definition) is 7. The van der Waals surface area contributed by atoms with Crippen LogP contribution in [0.1, 0.15) is 48.0 Å². The van der Waals surface area contributed by atoms with Gasteiger partial charge in [-0.2, -0.15) is 0 Å². The smallest absolute Gasteiger partial charge is 0.331 e. The Hall–Kier alpha value is -4.51. The van der Waals surface area contributed by atoms with Gasteiger partial charge in [-0.3, -0.25) is 14.5 Å². The normalized spacial score (nSPS) is 18.2. The molecule has 1 saturated carbocycles. The molecule has 2 atom stereocenters. The lowest BCUT2D eigenvalue weighted by molar-refractivity contribution is -0.120. The number of aromatic nitrogens is 2. The Kier molecular flexibility index (Phi) is 6.81. The number of para-hydroxylation sites is 1. The summed E-state index contributed by atoms with van der Waals surface area (Å²) in [5, 5.41) is 9.70. The first-order chi connectivity index (χ1) is 19.4. The van der Waals surface area contributed by atoms with Crippen molar-refractivity contribution in [3.05, 3.63) is 65.3 Å². The van der Waals surface area contributed by atoms with Gasteiger partial charge >= 0.3 is 6.03 Å². The molecule has 0 bridgehead atoms. The fourth-order valence-electron chi connectivity index (χ4n) is 5.39. The number of nitrogens with one attached hydrogen (secondary N) is 3. The number of benzene rings is 1. The van der Waals surface area contributed by atoms with Gasteiger partial charge in [0.15, 0.2) is 0 Å². The molecule has 204 valence electrons. The summed E-state index contributed by atoms with van der Waals surface area (Å²) in [4.78, 5) is 50.4. The van der Waals surface area contributed by atoms with Crippen molar-refractivity contribution in [2.24, 2.45) is 0 Å². The third kappa shape index (κ3) is 4.84. The van der Waals surface area contributed by atoms with Gasteiger partial charge in [0, 0.05) is 31.3 Å². The van der Waals surface area contributed by atoms with Gasteiger partial charge in [0.1, 0.15) is 15.5 Å². The molecule has 0 radical (unpaired) electrons. The predicted molar refractivity (Wildman–Crippen MR) is 154 cm³/mol. The van der Waals surface area contributed by atoms with Gasteiger partial charge in [-0.05, 0) is 44.0 Å². The zero-order valence-corrected chi connectivity index (χ0v) is 22.9. The first-order valence-corrected chi connectivity index (χ1v) is 14.0. The Morgan fingerprint density at radius 1 is 1.02 bits per heavy atom. The van der Waals surface area contributed by atoms with Crippen LogP contribution in [-0.4, -0.2) is 39.9 Å². The van der Waals surface area contributed by atoms with Crippen LogP contribution >= 0.6 is 11.3 Å². The van der Waals surface area contributed by atoms with Crippen molar-refractivity contribution >= 4 is 56.5 Å². The number of rotatable bonds is 6. The number of pyridine rings is 2. The van der Waals surface area contributed by atoms with Crippen LogP contribution in [-0.2, 0) is 4.79 Å². The number of nitrogens with zero attached hydrogens (tertiary/aromatic N) is 3. The standard InChI is InChI=1S/C29H28N6O4S/c1-16-21(12-13-23(31-16)39-18-8-4-3-5-9-18)35-22-14-15-30-28-24(22)25(34-29(35)38)26(40-28)27(37)33-20-11-7-6-10-19(20)32-17(2)36/h3-5,8-9,12-15,19-20H,6-7,10-11H2,1-2H3,(H,32,36)(H,33,37)(H,34,38)/t19-,20+/m0/s1. The molecule has 1 aromatic carbocycles. The van der Waals surface area contributed by atoms with Crippen molar-refractivity contribution in [3.8, 4) is 11.6 Å². The van der Waals surface area contributed by atoms with Crippen LogP contribution in [0.3, 0.4) is 0 Å². The number of thiophene rings is 1. The number of anilines is 3. The van der Waals surface area contributed by atoms with Crippen LogP contribution in [0, 0.1) is 6.92 Å². The summed E-state index contributed by atoms with van der Waals surface area (Å²) in [6.07, 6.45) is 5.19. The first-order valence-electron chi connectivity index (χ1n) is 13.2. The quantitative estimate of drug-likeness (QED) is 0.282. The van der Waals surface area contributed by atoms with Gasteiger partial charge in [0.05, 0.1) is 28.1 Å². The van der Waals surface area contributed by atoms with Gasteiger partial charge in [-0.1, -0.05) is 31.0 Å². The molecule has 2 aliphatic rings. The van der Waals surface area contributed by atoms with E-state index in [1.807, 2.05) is 37.3 Å². The summed E-state index contributed by atoms with van der Waals surface area (Å²) < 4.78 is 5.86. The average molecular weight is 557 g/mol. The molecule has 10 nitrogen and oxygen atoms in total. The van der Waals surface area contributed by atoms with Gasteiger partial charge in [-0.25, -0.2) is 14.8 Å². The van der Waals surface area contributed by atoms with E-state index in [-0.39, 0.29) is 23.9 Å². The van der Waals surface area contributed by atoms with E-state index in [4.69, 9.17) is 4.74 Å². The molecule has 1 aliphatic carbocycles. The van der Waals surface area contributed by atoms with Gasteiger partial charge in [0.2, 0.25) is 11.8 Å². The van der Waals surface area contributed by atoms with Gasteiger partial charge in [0.25, 0.3) is 5.91 Å². The third-order valence-electron chi connectivity index (χ3n) is 7.16. The number of ether oxygens (including phenoxy) is 1. The zero-order chi connectivity index (χ0) is 27.8. The minimum atomic E-state index is -0.400. The van der Waals surface area contributed by atoms with E-state index in [0.29, 0.717) is 49.5 Å². The second-order valence-electron chi connectivity index (χ2n) is 9.92. The highest BCUT2D eigenvalue weighted by molar-refractivity contribution is 7.21. The van der Waals surface area contributed by atoms with Crippen molar-refractivity contribution in [2.75, 3.05) is 10.2 Å². The highest BCUT2D eigenvalue weighted by Gasteiger charge is 2.35. The Labute approximate surface area is 234 Å². The van der Waals surface area contributed by atoms with Crippen LogP contribution < -0.4 is 25.6 Å². The van der Waals surface area contributed by atoms with Crippen molar-refractivity contribution in [1.82, 2.24) is 20.6 Å². The van der Waals surface area contributed by atoms with Crippen LogP contribution in [0.4, 0.5) is 21.9 Å². The Balaban J connectivity index is 1.31. The molecule has 40 heavy (non-hydrogen) atoms. The maximum absolute atomic E-state index is 13.5. The predicted octanol–water partition coefficient (Wildman–Crippen LogP) is 5.65. The number of carbonyl (C=O) groups excluding carboxylic acids is 3. The van der Waals surface area contributed by atoms with E-state index in [0.717, 1.165) is 25.7 Å². The molecule has 0 unspecified atom stereocenters. The van der Waals surface area contributed by atoms with E-state index < -0.39 is 6.03 Å². The Morgan fingerprint density at radius 2 is 1.77 bits per heavy atom. The van der Waals surface area contributed by atoms with Crippen molar-refractivity contribution in [3.63, 3.8) is 0 Å². The first kappa shape index (κ1) is 25.8. The van der Waals surface area contributed by atoms with Crippen LogP contribution in [0.2, 0.25) is 0 Å². The lowest BCUT2D eigenvalue weighted by atomic mass is 9.90. The summed E-state index contributed by atoms with van der Waals surface area (Å²) in [5.41, 5.74) is 2.26. The number of amides is 4. The number of hydrogen-bond donors (Lipinski definition) is 3. The van der Waals surface area contributed by atoms with Gasteiger partial charge < -0.3 is 20.7 Å². The van der Waals surface area contributed by atoms with E-state index in [2.05, 4.69) is 25.9 Å². The molecule has 4 heterocycles. The average Bonchev–Trinajstić information content (AvgIpc) is 3.30. The summed E-state index contributed by atoms with van der Waals surface area (Å²) >= 11 is 1.23. The fourth-order valence-corrected chi connectivity index (χ4v) is 6.41. The van der Waals surface area contributed by atoms with Crippen LogP contribution in [0.5, 0.6) is 11.6 Å². The molecule has 3 aromatic heterocycles. The SMILES string of the molecule is CC(=O)N[C@H]1CCCC[C@H]1NC(=O)c1sc2nccc3c2c1NC(=O)N3c1ccc(Oc2ccccc2)nc1C. The summed E-state index contributed by atoms with van der Waals surface area (Å²) in [6, 6.07) is 13.9. The van der Waals surface area contributed by atoms with Crippen molar-refractivity contribution in [2.45, 2.75) is 51.6 Å². The lowest BCUT2D eigenvalue weighted by Gasteiger charge is -2.32. The Bertz CT molecular complexity index is 1620. The summed E-state index contributed by atoms with van der Waals surface area (Å²) in [7, 11) is 0. The zero-order valence-electron chi connectivity index (χ0n) is 22.1. The topological polar surface area (TPSA) is 126 Å². The molecule has 0 spiro atoms. The molecule has 6 rings (SSSR count). The molecule has 3 N–H and O–H groups in total. The molecule has 4 amide bonds. The lowest BCUT2D eigenvalue weighted by Crippen LogP contribution is -2.52. The summed E-state index contributed by atoms with van der Waals surface area (Å²) in [6.45, 7) is 3.30. The monoisotopic (exact) mass is 556 g/mol. The number of carbonyl (C=O) groups is 3. The van der Waals surface area contributed by atoms with E-state index in [1.165, 1.54) is 18.3 Å². The molecular formula is C29H28N6O4S. The number of urea groups is 1.